The number of aliphatic carboxylic acids is 2. The molecule has 0 radical (unpaired) electrons. The van der Waals surface area contributed by atoms with Crippen molar-refractivity contribution in [2.45, 2.75) is 161 Å². The molecule has 0 bridgehead atoms. The second-order valence-corrected chi connectivity index (χ2v) is 20.5. The molecule has 2 rings (SSSR count). The molecule has 2 heterocycles. The number of carbonyl (C=O) groups excluding carboxylic acids is 9. The monoisotopic (exact) mass is 1080 g/mol. The van der Waals surface area contributed by atoms with Crippen LogP contribution in [0.4, 0.5) is 0 Å². The van der Waals surface area contributed by atoms with Gasteiger partial charge in [-0.2, -0.15) is 0 Å². The SMILES string of the molecule is CC[C@H](C)[C@@H]([C@@H](CC(=O)N1CCC[C@H]1[C@H](OC)[C@@H](C)C(=O)N[C@H](C(=O)N[C@@H](CCC(=O)O)C(=O)N[C@@H](CNC(=O)[C@H](CN)N1C(=O)C=CC1=O)C(=O)O)[C@@H](C)O)OC)N(C)C(=O)[C@@H](NC(=O)[C@H](C(C)C)N(C)C)C(C)C. The van der Waals surface area contributed by atoms with Crippen molar-refractivity contribution in [1.82, 2.24) is 46.2 Å². The molecule has 13 atom stereocenters. The van der Waals surface area contributed by atoms with Crippen LogP contribution < -0.4 is 32.3 Å². The summed E-state index contributed by atoms with van der Waals surface area (Å²) in [5, 5.41) is 42.1. The molecule has 26 nitrogen and oxygen atoms in total. The highest BCUT2D eigenvalue weighted by Gasteiger charge is 2.44. The zero-order chi connectivity index (χ0) is 58.0. The van der Waals surface area contributed by atoms with Gasteiger partial charge in [0.05, 0.1) is 48.8 Å². The number of nitrogens with two attached hydrogens (primary N) is 1. The fraction of sp³-hybridized carbons (Fsp3) is 0.740. The number of likely N-dealkylation sites (tertiary alicyclic amines) is 1. The highest BCUT2D eigenvalue weighted by atomic mass is 16.5. The number of hydrogen-bond acceptors (Lipinski definition) is 16. The van der Waals surface area contributed by atoms with Crippen LogP contribution in [0.2, 0.25) is 0 Å². The van der Waals surface area contributed by atoms with Crippen molar-refractivity contribution in [1.29, 1.82) is 0 Å². The minimum Gasteiger partial charge on any atom is -0.481 e. The van der Waals surface area contributed by atoms with E-state index in [1.54, 1.807) is 35.8 Å². The summed E-state index contributed by atoms with van der Waals surface area (Å²) in [5.74, 6) is -11.5. The highest BCUT2D eigenvalue weighted by molar-refractivity contribution is 6.15. The number of carbonyl (C=O) groups is 11. The zero-order valence-electron chi connectivity index (χ0n) is 46.2. The smallest absolute Gasteiger partial charge is 0.328 e. The summed E-state index contributed by atoms with van der Waals surface area (Å²) in [6.45, 7) is 13.1. The Bertz CT molecular complexity index is 2080. The van der Waals surface area contributed by atoms with Crippen molar-refractivity contribution in [2.24, 2.45) is 29.4 Å². The molecule has 1 saturated heterocycles. The third kappa shape index (κ3) is 17.7. The van der Waals surface area contributed by atoms with E-state index in [-0.39, 0.29) is 41.9 Å². The van der Waals surface area contributed by atoms with Gasteiger partial charge in [0.1, 0.15) is 30.2 Å². The Balaban J connectivity index is 2.30. The topological polar surface area (TPSA) is 366 Å². The number of nitrogens with zero attached hydrogens (tertiary/aromatic N) is 4. The quantitative estimate of drug-likeness (QED) is 0.0322. The highest BCUT2D eigenvalue weighted by Crippen LogP contribution is 2.30. The van der Waals surface area contributed by atoms with Gasteiger partial charge in [0.15, 0.2) is 0 Å². The van der Waals surface area contributed by atoms with Gasteiger partial charge in [-0.05, 0) is 58.0 Å². The second-order valence-electron chi connectivity index (χ2n) is 20.5. The number of nitrogens with one attached hydrogen (secondary N) is 5. The Morgan fingerprint density at radius 3 is 1.83 bits per heavy atom. The van der Waals surface area contributed by atoms with E-state index in [2.05, 4.69) is 26.6 Å². The number of amides is 9. The maximum absolute atomic E-state index is 14.4. The summed E-state index contributed by atoms with van der Waals surface area (Å²) in [4.78, 5) is 150. The van der Waals surface area contributed by atoms with Crippen LogP contribution in [0.25, 0.3) is 0 Å². The second kappa shape index (κ2) is 30.6. The Labute approximate surface area is 444 Å². The van der Waals surface area contributed by atoms with Crippen molar-refractivity contribution in [3.05, 3.63) is 12.2 Å². The molecule has 2 aliphatic rings. The van der Waals surface area contributed by atoms with Crippen LogP contribution in [0, 0.1) is 23.7 Å². The third-order valence-corrected chi connectivity index (χ3v) is 14.1. The number of aliphatic hydroxyl groups excluding tert-OH is 1. The van der Waals surface area contributed by atoms with E-state index in [0.717, 1.165) is 12.2 Å². The van der Waals surface area contributed by atoms with E-state index in [4.69, 9.17) is 15.2 Å². The molecule has 430 valence electrons. The molecule has 26 heteroatoms. The first-order chi connectivity index (χ1) is 35.5. The van der Waals surface area contributed by atoms with Gasteiger partial charge in [-0.3, -0.25) is 57.7 Å². The lowest BCUT2D eigenvalue weighted by Crippen LogP contribution is -2.61. The summed E-state index contributed by atoms with van der Waals surface area (Å²) in [6.07, 6.45) is -1.45. The molecular weight excluding hydrogens is 997 g/mol. The molecule has 10 N–H and O–H groups in total. The number of ether oxygens (including phenoxy) is 2. The zero-order valence-corrected chi connectivity index (χ0v) is 46.2. The third-order valence-electron chi connectivity index (χ3n) is 14.1. The van der Waals surface area contributed by atoms with Crippen molar-refractivity contribution < 1.29 is 77.5 Å². The van der Waals surface area contributed by atoms with E-state index >= 15 is 0 Å². The number of carboxylic acid groups (broad SMARTS) is 2. The maximum Gasteiger partial charge on any atom is 0.328 e. The molecule has 0 aromatic carbocycles. The number of hydrogen-bond donors (Lipinski definition) is 9. The Kier molecular flexibility index (Phi) is 26.6. The van der Waals surface area contributed by atoms with Crippen molar-refractivity contribution in [3.8, 4) is 0 Å². The molecular formula is C50H84N10O16. The molecule has 0 saturated carbocycles. The standard InChI is InChI=1S/C50H84N10O16/c1-14-27(6)42(58(11)49(72)39(25(2)3)55-48(71)41(26(4)5)57(9)10)34(75-12)22-37(64)59-21-15-16-32(59)43(76-13)28(7)44(67)56-40(29(8)61)47(70)53-30(17-20-38(65)66)45(68)54-31(50(73)74)24-52-46(69)33(23-51)60-35(62)18-19-36(60)63/h18-19,25-34,39-43,61H,14-17,20-24,51H2,1-13H3,(H,52,69)(H,53,70)(H,54,68)(H,55,71)(H,56,67)(H,65,66)(H,73,74)/t27-,28+,29+,30-,31-,32-,33-,34+,39-,40-,41-,42-,43+/m0/s1. The Morgan fingerprint density at radius 2 is 1.36 bits per heavy atom. The van der Waals surface area contributed by atoms with Crippen LogP contribution in [-0.2, 0) is 62.2 Å². The molecule has 0 aromatic rings. The maximum atomic E-state index is 14.4. The Morgan fingerprint density at radius 1 is 0.776 bits per heavy atom. The number of likely N-dealkylation sites (N-methyl/N-ethyl adjacent to an activating group) is 2. The van der Waals surface area contributed by atoms with Gasteiger partial charge in [-0.25, -0.2) is 4.79 Å². The van der Waals surface area contributed by atoms with Crippen molar-refractivity contribution in [3.63, 3.8) is 0 Å². The van der Waals surface area contributed by atoms with Gasteiger partial charge in [0.2, 0.25) is 41.4 Å². The van der Waals surface area contributed by atoms with Crippen LogP contribution in [0.3, 0.4) is 0 Å². The predicted octanol–water partition coefficient (Wildman–Crippen LogP) is -2.21. The van der Waals surface area contributed by atoms with E-state index in [1.165, 1.54) is 28.1 Å². The van der Waals surface area contributed by atoms with Crippen LogP contribution in [0.1, 0.15) is 93.9 Å². The van der Waals surface area contributed by atoms with Gasteiger partial charge in [0.25, 0.3) is 11.8 Å². The molecule has 0 aliphatic carbocycles. The van der Waals surface area contributed by atoms with Gasteiger partial charge in [0, 0.05) is 59.5 Å². The number of rotatable bonds is 32. The van der Waals surface area contributed by atoms with Gasteiger partial charge in [-0.15, -0.1) is 0 Å². The van der Waals surface area contributed by atoms with Crippen LogP contribution in [0.5, 0.6) is 0 Å². The molecule has 2 aliphatic heterocycles. The van der Waals surface area contributed by atoms with Gasteiger partial charge in [-0.1, -0.05) is 54.9 Å². The van der Waals surface area contributed by atoms with Crippen LogP contribution in [0.15, 0.2) is 12.2 Å². The van der Waals surface area contributed by atoms with Crippen molar-refractivity contribution in [2.75, 3.05) is 55.0 Å². The largest absolute Gasteiger partial charge is 0.481 e. The van der Waals surface area contributed by atoms with E-state index in [0.29, 0.717) is 30.7 Å². The van der Waals surface area contributed by atoms with Crippen LogP contribution in [-0.4, -0.2) is 222 Å². The van der Waals surface area contributed by atoms with Gasteiger partial charge >= 0.3 is 11.9 Å². The van der Waals surface area contributed by atoms with Crippen molar-refractivity contribution >= 4 is 65.1 Å². The average Bonchev–Trinajstić information content (AvgIpc) is 3.96. The summed E-state index contributed by atoms with van der Waals surface area (Å²) >= 11 is 0. The van der Waals surface area contributed by atoms with E-state index in [9.17, 15) is 68.1 Å². The molecule has 76 heavy (non-hydrogen) atoms. The van der Waals surface area contributed by atoms with Gasteiger partial charge < -0.3 is 66.9 Å². The number of aliphatic hydroxyl groups is 1. The Hall–Kier alpha value is -6.09. The normalized spacial score (nSPS) is 19.4. The number of methoxy groups -OCH3 is 2. The molecule has 9 amide bonds. The van der Waals surface area contributed by atoms with E-state index in [1.807, 2.05) is 41.5 Å². The lowest BCUT2D eigenvalue weighted by Gasteiger charge is -2.41. The summed E-state index contributed by atoms with van der Waals surface area (Å²) in [6, 6.07) is -9.59. The molecule has 0 spiro atoms. The molecule has 1 fully saturated rings. The lowest BCUT2D eigenvalue weighted by molar-refractivity contribution is -0.148. The fourth-order valence-corrected chi connectivity index (χ4v) is 9.74. The minimum absolute atomic E-state index is 0.0357. The summed E-state index contributed by atoms with van der Waals surface area (Å²) in [5.41, 5.74) is 5.62. The first kappa shape index (κ1) is 66.0. The first-order valence-corrected chi connectivity index (χ1v) is 25.7. The fourth-order valence-electron chi connectivity index (χ4n) is 9.74. The number of carboxylic acids is 2. The average molecular weight is 1080 g/mol. The molecule has 0 aromatic heterocycles. The minimum atomic E-state index is -1.90. The number of imide groups is 1. The summed E-state index contributed by atoms with van der Waals surface area (Å²) in [7, 11) is 8.04. The summed E-state index contributed by atoms with van der Waals surface area (Å²) < 4.78 is 11.9. The molecule has 0 unspecified atom stereocenters. The predicted molar refractivity (Wildman–Crippen MR) is 274 cm³/mol. The first-order valence-electron chi connectivity index (χ1n) is 25.7. The van der Waals surface area contributed by atoms with E-state index < -0.39 is 146 Å². The van der Waals surface area contributed by atoms with Crippen LogP contribution >= 0.6 is 0 Å². The lowest BCUT2D eigenvalue weighted by atomic mass is 9.89.